The van der Waals surface area contributed by atoms with Gasteiger partial charge in [0.25, 0.3) is 0 Å². The number of halogens is 1. The van der Waals surface area contributed by atoms with E-state index in [1.54, 1.807) is 0 Å². The van der Waals surface area contributed by atoms with Crippen molar-refractivity contribution in [2.45, 2.75) is 63.7 Å². The zero-order valence-electron chi connectivity index (χ0n) is 16.8. The third-order valence-electron chi connectivity index (χ3n) is 3.97. The van der Waals surface area contributed by atoms with Crippen molar-refractivity contribution in [2.75, 3.05) is 6.61 Å². The van der Waals surface area contributed by atoms with Crippen LogP contribution in [0.2, 0.25) is 0 Å². The Kier molecular flexibility index (Phi) is 8.29. The summed E-state index contributed by atoms with van der Waals surface area (Å²) >= 11 is 3.28. The number of alkyl halides is 1. The van der Waals surface area contributed by atoms with Gasteiger partial charge in [-0.15, -0.1) is 0 Å². The summed E-state index contributed by atoms with van der Waals surface area (Å²) in [6.07, 6.45) is -4.61. The number of rotatable bonds is 7. The maximum Gasteiger partial charge on any atom is 0.303 e. The molecule has 0 bridgehead atoms. The van der Waals surface area contributed by atoms with E-state index in [1.165, 1.54) is 24.9 Å². The smallest absolute Gasteiger partial charge is 0.303 e. The molecule has 1 aliphatic rings. The quantitative estimate of drug-likeness (QED) is 0.297. The standard InChI is InChI=1S/C17H22BrN3O9/c1-8(22)26-6-12-14(27-9(2)23)15(28-10(3)24)16(29-11(4)25)17(30-12)21-13(5-18)19-7-20-21/h7,12,14-17H,5-6H2,1-4H3/t12-,14+,15-,16-,17+/m0/s1. The van der Waals surface area contributed by atoms with Crippen LogP contribution in [-0.2, 0) is 48.2 Å². The van der Waals surface area contributed by atoms with Gasteiger partial charge in [-0.05, 0) is 0 Å². The lowest BCUT2D eigenvalue weighted by molar-refractivity contribution is -0.270. The Labute approximate surface area is 180 Å². The third-order valence-corrected chi connectivity index (χ3v) is 4.48. The second-order valence-electron chi connectivity index (χ2n) is 6.34. The number of hydrogen-bond acceptors (Lipinski definition) is 11. The highest BCUT2D eigenvalue weighted by Crippen LogP contribution is 2.35. The molecule has 1 aliphatic heterocycles. The van der Waals surface area contributed by atoms with Gasteiger partial charge in [-0.3, -0.25) is 19.2 Å². The van der Waals surface area contributed by atoms with Crippen molar-refractivity contribution in [1.82, 2.24) is 14.8 Å². The summed E-state index contributed by atoms with van der Waals surface area (Å²) in [5.41, 5.74) is 0. The maximum absolute atomic E-state index is 11.8. The summed E-state index contributed by atoms with van der Waals surface area (Å²) < 4.78 is 28.4. The molecule has 2 rings (SSSR count). The molecule has 166 valence electrons. The highest BCUT2D eigenvalue weighted by atomic mass is 79.9. The van der Waals surface area contributed by atoms with E-state index in [4.69, 9.17) is 23.7 Å². The molecule has 0 unspecified atom stereocenters. The molecule has 5 atom stereocenters. The van der Waals surface area contributed by atoms with E-state index in [1.807, 2.05) is 0 Å². The number of hydrogen-bond donors (Lipinski definition) is 0. The molecule has 13 heteroatoms. The lowest BCUT2D eigenvalue weighted by Crippen LogP contribution is -2.60. The fourth-order valence-corrected chi connectivity index (χ4v) is 3.39. The second kappa shape index (κ2) is 10.5. The molecule has 2 heterocycles. The molecule has 0 aromatic carbocycles. The van der Waals surface area contributed by atoms with Gasteiger partial charge in [-0.1, -0.05) is 15.9 Å². The van der Waals surface area contributed by atoms with Gasteiger partial charge in [0.1, 0.15) is 24.9 Å². The van der Waals surface area contributed by atoms with Gasteiger partial charge in [0.15, 0.2) is 24.5 Å². The highest BCUT2D eigenvalue weighted by Gasteiger charge is 2.53. The van der Waals surface area contributed by atoms with Gasteiger partial charge in [-0.2, -0.15) is 5.10 Å². The first-order chi connectivity index (χ1) is 14.1. The van der Waals surface area contributed by atoms with E-state index >= 15 is 0 Å². The summed E-state index contributed by atoms with van der Waals surface area (Å²) in [5.74, 6) is -2.26. The van der Waals surface area contributed by atoms with Gasteiger partial charge in [0.2, 0.25) is 0 Å². The summed E-state index contributed by atoms with van der Waals surface area (Å²) in [6, 6.07) is 0. The lowest BCUT2D eigenvalue weighted by atomic mass is 9.97. The van der Waals surface area contributed by atoms with Crippen molar-refractivity contribution in [3.63, 3.8) is 0 Å². The molecule has 0 radical (unpaired) electrons. The highest BCUT2D eigenvalue weighted by molar-refractivity contribution is 9.08. The molecule has 0 amide bonds. The van der Waals surface area contributed by atoms with E-state index < -0.39 is 54.5 Å². The number of carbonyl (C=O) groups is 4. The maximum atomic E-state index is 11.8. The van der Waals surface area contributed by atoms with Crippen molar-refractivity contribution in [3.05, 3.63) is 12.2 Å². The first-order valence-electron chi connectivity index (χ1n) is 8.88. The van der Waals surface area contributed by atoms with Crippen molar-refractivity contribution in [1.29, 1.82) is 0 Å². The molecule has 1 saturated heterocycles. The van der Waals surface area contributed by atoms with Gasteiger partial charge < -0.3 is 23.7 Å². The van der Waals surface area contributed by atoms with Crippen molar-refractivity contribution in [3.8, 4) is 0 Å². The molecular formula is C17H22BrN3O9. The minimum absolute atomic E-state index is 0.292. The first-order valence-corrected chi connectivity index (χ1v) is 10.0. The van der Waals surface area contributed by atoms with Crippen LogP contribution in [0.1, 0.15) is 39.7 Å². The topological polar surface area (TPSA) is 145 Å². The average molecular weight is 492 g/mol. The zero-order chi connectivity index (χ0) is 22.4. The molecule has 0 N–H and O–H groups in total. The molecule has 1 aromatic rings. The SMILES string of the molecule is CC(=O)OC[C@@H]1O[C@@H](n2ncnc2CBr)[C@@H](OC(C)=O)[C@@H](OC(C)=O)[C@@H]1OC(C)=O. The van der Waals surface area contributed by atoms with Crippen LogP contribution in [-0.4, -0.2) is 69.7 Å². The van der Waals surface area contributed by atoms with Crippen LogP contribution in [0.3, 0.4) is 0 Å². The normalized spacial score (nSPS) is 25.8. The van der Waals surface area contributed by atoms with Crippen LogP contribution in [0.4, 0.5) is 0 Å². The molecule has 12 nitrogen and oxygen atoms in total. The van der Waals surface area contributed by atoms with E-state index in [9.17, 15) is 19.2 Å². The second-order valence-corrected chi connectivity index (χ2v) is 6.91. The fraction of sp³-hybridized carbons (Fsp3) is 0.647. The molecule has 1 aromatic heterocycles. The lowest BCUT2D eigenvalue weighted by Gasteiger charge is -2.44. The summed E-state index contributed by atoms with van der Waals surface area (Å²) in [5, 5.41) is 4.39. The molecule has 0 aliphatic carbocycles. The van der Waals surface area contributed by atoms with Crippen LogP contribution < -0.4 is 0 Å². The monoisotopic (exact) mass is 491 g/mol. The Morgan fingerprint density at radius 1 is 0.967 bits per heavy atom. The van der Waals surface area contributed by atoms with E-state index in [2.05, 4.69) is 26.0 Å². The first kappa shape index (κ1) is 23.7. The van der Waals surface area contributed by atoms with Crippen molar-refractivity contribution >= 4 is 39.8 Å². The van der Waals surface area contributed by atoms with Crippen LogP contribution in [0.5, 0.6) is 0 Å². The average Bonchev–Trinajstić information content (AvgIpc) is 3.10. The molecular weight excluding hydrogens is 470 g/mol. The van der Waals surface area contributed by atoms with Crippen LogP contribution >= 0.6 is 15.9 Å². The predicted octanol–water partition coefficient (Wildman–Crippen LogP) is 0.429. The van der Waals surface area contributed by atoms with Crippen LogP contribution in [0.15, 0.2) is 6.33 Å². The van der Waals surface area contributed by atoms with Gasteiger partial charge in [0.05, 0.1) is 5.33 Å². The Bertz CT molecular complexity index is 799. The predicted molar refractivity (Wildman–Crippen MR) is 99.9 cm³/mol. The number of esters is 4. The minimum atomic E-state index is -1.26. The summed E-state index contributed by atoms with van der Waals surface area (Å²) in [7, 11) is 0. The largest absolute Gasteiger partial charge is 0.463 e. The molecule has 30 heavy (non-hydrogen) atoms. The van der Waals surface area contributed by atoms with Gasteiger partial charge >= 0.3 is 23.9 Å². The van der Waals surface area contributed by atoms with Crippen molar-refractivity contribution < 1.29 is 42.9 Å². The molecule has 1 fully saturated rings. The van der Waals surface area contributed by atoms with Crippen LogP contribution in [0, 0.1) is 0 Å². The van der Waals surface area contributed by atoms with Gasteiger partial charge in [-0.25, -0.2) is 9.67 Å². The van der Waals surface area contributed by atoms with E-state index in [-0.39, 0.29) is 6.61 Å². The zero-order valence-corrected chi connectivity index (χ0v) is 18.4. The molecule has 0 saturated carbocycles. The summed E-state index contributed by atoms with van der Waals surface area (Å²) in [6.45, 7) is 4.36. The van der Waals surface area contributed by atoms with Crippen LogP contribution in [0.25, 0.3) is 0 Å². The van der Waals surface area contributed by atoms with E-state index in [0.29, 0.717) is 11.2 Å². The van der Waals surface area contributed by atoms with Crippen molar-refractivity contribution in [2.24, 2.45) is 0 Å². The fourth-order valence-electron chi connectivity index (χ4n) is 2.98. The number of ether oxygens (including phenoxy) is 5. The number of nitrogens with zero attached hydrogens (tertiary/aromatic N) is 3. The Morgan fingerprint density at radius 3 is 2.07 bits per heavy atom. The van der Waals surface area contributed by atoms with E-state index in [0.717, 1.165) is 13.8 Å². The number of aromatic nitrogens is 3. The number of carbonyl (C=O) groups excluding carboxylic acids is 4. The third kappa shape index (κ3) is 5.98. The van der Waals surface area contributed by atoms with Gasteiger partial charge in [0, 0.05) is 27.7 Å². The Balaban J connectivity index is 2.53. The minimum Gasteiger partial charge on any atom is -0.463 e. The summed E-state index contributed by atoms with van der Waals surface area (Å²) in [4.78, 5) is 50.7. The Morgan fingerprint density at radius 2 is 1.53 bits per heavy atom. The molecule has 0 spiro atoms. The Hall–Kier alpha value is -2.54.